The summed E-state index contributed by atoms with van der Waals surface area (Å²) in [7, 11) is 0. The van der Waals surface area contributed by atoms with E-state index >= 15 is 0 Å². The lowest BCUT2D eigenvalue weighted by atomic mass is 10.3. The van der Waals surface area contributed by atoms with E-state index in [1.165, 1.54) is 12.8 Å². The van der Waals surface area contributed by atoms with Crippen LogP contribution in [0.1, 0.15) is 24.4 Å². The Bertz CT molecular complexity index is 302. The maximum atomic E-state index is 5.94. The molecule has 0 atom stereocenters. The average molecular weight is 194 g/mol. The molecule has 3 heteroatoms. The lowest BCUT2D eigenvalue weighted by Gasteiger charge is -2.08. The van der Waals surface area contributed by atoms with Gasteiger partial charge in [0.15, 0.2) is 0 Å². The van der Waals surface area contributed by atoms with Gasteiger partial charge in [-0.1, -0.05) is 0 Å². The molecule has 1 fully saturated rings. The van der Waals surface area contributed by atoms with Gasteiger partial charge in [-0.25, -0.2) is 0 Å². The Kier molecular flexibility index (Phi) is 2.61. The van der Waals surface area contributed by atoms with E-state index in [1.54, 1.807) is 0 Å². The fourth-order valence-corrected chi connectivity index (χ4v) is 1.51. The lowest BCUT2D eigenvalue weighted by molar-refractivity contribution is 0.470. The summed E-state index contributed by atoms with van der Waals surface area (Å²) in [5.74, 6) is 2.04. The van der Waals surface area contributed by atoms with Crippen molar-refractivity contribution in [1.82, 2.24) is 5.32 Å². The molecular weight excluding hydrogens is 176 g/mol. The lowest BCUT2D eigenvalue weighted by Crippen LogP contribution is -2.36. The molecule has 0 radical (unpaired) electrons. The van der Waals surface area contributed by atoms with Gasteiger partial charge in [0.05, 0.1) is 0 Å². The fraction of sp³-hybridized carbons (Fsp3) is 0.636. The molecule has 1 aliphatic rings. The van der Waals surface area contributed by atoms with Crippen molar-refractivity contribution in [3.8, 4) is 0 Å². The van der Waals surface area contributed by atoms with Crippen LogP contribution in [0.15, 0.2) is 16.5 Å². The van der Waals surface area contributed by atoms with Gasteiger partial charge >= 0.3 is 0 Å². The highest BCUT2D eigenvalue weighted by atomic mass is 16.3. The summed E-state index contributed by atoms with van der Waals surface area (Å²) in [4.78, 5) is 0. The first-order valence-corrected chi connectivity index (χ1v) is 5.23. The zero-order chi connectivity index (χ0) is 10.0. The van der Waals surface area contributed by atoms with Crippen LogP contribution in [-0.2, 0) is 6.42 Å². The Morgan fingerprint density at radius 3 is 2.86 bits per heavy atom. The van der Waals surface area contributed by atoms with Crippen LogP contribution in [0.2, 0.25) is 0 Å². The topological polar surface area (TPSA) is 51.2 Å². The van der Waals surface area contributed by atoms with E-state index in [0.717, 1.165) is 31.0 Å². The zero-order valence-electron chi connectivity index (χ0n) is 8.68. The van der Waals surface area contributed by atoms with Crippen molar-refractivity contribution in [1.29, 1.82) is 0 Å². The molecule has 14 heavy (non-hydrogen) atoms. The molecule has 1 saturated carbocycles. The maximum absolute atomic E-state index is 5.94. The molecule has 0 unspecified atom stereocenters. The smallest absolute Gasteiger partial charge is 0.105 e. The van der Waals surface area contributed by atoms with Crippen molar-refractivity contribution in [2.45, 2.75) is 31.7 Å². The monoisotopic (exact) mass is 194 g/mol. The van der Waals surface area contributed by atoms with Crippen LogP contribution in [0.25, 0.3) is 0 Å². The number of furan rings is 1. The van der Waals surface area contributed by atoms with E-state index in [-0.39, 0.29) is 5.54 Å². The molecular formula is C11H18N2O. The Morgan fingerprint density at radius 2 is 2.29 bits per heavy atom. The van der Waals surface area contributed by atoms with Gasteiger partial charge in [-0.05, 0) is 31.9 Å². The molecule has 3 nitrogen and oxygen atoms in total. The zero-order valence-corrected chi connectivity index (χ0v) is 8.68. The summed E-state index contributed by atoms with van der Waals surface area (Å²) in [6, 6.07) is 4.03. The van der Waals surface area contributed by atoms with Gasteiger partial charge in [0.2, 0.25) is 0 Å². The van der Waals surface area contributed by atoms with E-state index in [2.05, 4.69) is 5.32 Å². The Morgan fingerprint density at radius 1 is 1.50 bits per heavy atom. The number of nitrogens with one attached hydrogen (secondary N) is 1. The molecule has 0 bridgehead atoms. The molecule has 1 heterocycles. The summed E-state index contributed by atoms with van der Waals surface area (Å²) in [5, 5.41) is 3.36. The molecule has 1 aromatic heterocycles. The van der Waals surface area contributed by atoms with Gasteiger partial charge in [0.25, 0.3) is 0 Å². The highest BCUT2D eigenvalue weighted by Gasteiger charge is 2.37. The molecule has 2 rings (SSSR count). The quantitative estimate of drug-likeness (QED) is 0.693. The van der Waals surface area contributed by atoms with Crippen molar-refractivity contribution >= 4 is 0 Å². The number of hydrogen-bond donors (Lipinski definition) is 2. The number of rotatable bonds is 5. The number of nitrogens with two attached hydrogens (primary N) is 1. The summed E-state index contributed by atoms with van der Waals surface area (Å²) in [6.45, 7) is 3.86. The SMILES string of the molecule is Cc1ccc(CCNCC2(N)CC2)o1. The number of hydrogen-bond acceptors (Lipinski definition) is 3. The van der Waals surface area contributed by atoms with E-state index in [0.29, 0.717) is 0 Å². The first-order chi connectivity index (χ1) is 6.68. The van der Waals surface area contributed by atoms with Crippen LogP contribution in [0, 0.1) is 6.92 Å². The number of aryl methyl sites for hydroxylation is 1. The second-order valence-corrected chi connectivity index (χ2v) is 4.30. The van der Waals surface area contributed by atoms with Gasteiger partial charge in [-0.3, -0.25) is 0 Å². The van der Waals surface area contributed by atoms with Crippen LogP contribution < -0.4 is 11.1 Å². The standard InChI is InChI=1S/C11H18N2O/c1-9-2-3-10(14-9)4-7-13-8-11(12)5-6-11/h2-3,13H,4-8,12H2,1H3. The first kappa shape index (κ1) is 9.74. The molecule has 1 aromatic rings. The average Bonchev–Trinajstić information content (AvgIpc) is 2.73. The molecule has 0 spiro atoms. The summed E-state index contributed by atoms with van der Waals surface area (Å²) in [6.07, 6.45) is 3.28. The second-order valence-electron chi connectivity index (χ2n) is 4.30. The first-order valence-electron chi connectivity index (χ1n) is 5.23. The second kappa shape index (κ2) is 3.75. The molecule has 0 amide bonds. The summed E-state index contributed by atoms with van der Waals surface area (Å²) >= 11 is 0. The van der Waals surface area contributed by atoms with Crippen LogP contribution >= 0.6 is 0 Å². The van der Waals surface area contributed by atoms with Gasteiger partial charge in [-0.2, -0.15) is 0 Å². The van der Waals surface area contributed by atoms with Crippen LogP contribution in [0.3, 0.4) is 0 Å². The highest BCUT2D eigenvalue weighted by molar-refractivity contribution is 5.06. The van der Waals surface area contributed by atoms with E-state index in [1.807, 2.05) is 19.1 Å². The van der Waals surface area contributed by atoms with Crippen molar-refractivity contribution in [2.75, 3.05) is 13.1 Å². The third kappa shape index (κ3) is 2.59. The van der Waals surface area contributed by atoms with E-state index < -0.39 is 0 Å². The summed E-state index contributed by atoms with van der Waals surface area (Å²) in [5.41, 5.74) is 6.05. The van der Waals surface area contributed by atoms with Crippen LogP contribution in [-0.4, -0.2) is 18.6 Å². The van der Waals surface area contributed by atoms with Gasteiger partial charge in [-0.15, -0.1) is 0 Å². The van der Waals surface area contributed by atoms with Gasteiger partial charge in [0.1, 0.15) is 11.5 Å². The fourth-order valence-electron chi connectivity index (χ4n) is 1.51. The predicted octanol–water partition coefficient (Wildman–Crippen LogP) is 1.21. The minimum Gasteiger partial charge on any atom is -0.466 e. The Hall–Kier alpha value is -0.800. The van der Waals surface area contributed by atoms with Gasteiger partial charge in [0, 0.05) is 25.0 Å². The van der Waals surface area contributed by atoms with Gasteiger partial charge < -0.3 is 15.5 Å². The third-order valence-electron chi connectivity index (χ3n) is 2.71. The molecule has 3 N–H and O–H groups in total. The molecule has 0 aromatic carbocycles. The normalized spacial score (nSPS) is 18.4. The minimum absolute atomic E-state index is 0.110. The van der Waals surface area contributed by atoms with Crippen LogP contribution in [0.4, 0.5) is 0 Å². The van der Waals surface area contributed by atoms with Crippen LogP contribution in [0.5, 0.6) is 0 Å². The maximum Gasteiger partial charge on any atom is 0.105 e. The minimum atomic E-state index is 0.110. The van der Waals surface area contributed by atoms with E-state index in [9.17, 15) is 0 Å². The third-order valence-corrected chi connectivity index (χ3v) is 2.71. The molecule has 0 saturated heterocycles. The molecule has 1 aliphatic carbocycles. The Labute approximate surface area is 84.7 Å². The van der Waals surface area contributed by atoms with E-state index in [4.69, 9.17) is 10.2 Å². The highest BCUT2D eigenvalue weighted by Crippen LogP contribution is 2.30. The summed E-state index contributed by atoms with van der Waals surface area (Å²) < 4.78 is 5.46. The van der Waals surface area contributed by atoms with Crippen molar-refractivity contribution < 1.29 is 4.42 Å². The molecule has 78 valence electrons. The largest absolute Gasteiger partial charge is 0.466 e. The molecule has 0 aliphatic heterocycles. The predicted molar refractivity (Wildman–Crippen MR) is 56.2 cm³/mol. The van der Waals surface area contributed by atoms with Crippen molar-refractivity contribution in [3.05, 3.63) is 23.7 Å². The van der Waals surface area contributed by atoms with Crippen molar-refractivity contribution in [2.24, 2.45) is 5.73 Å². The Balaban J connectivity index is 1.63. The van der Waals surface area contributed by atoms with Crippen molar-refractivity contribution in [3.63, 3.8) is 0 Å².